The van der Waals surface area contributed by atoms with Gasteiger partial charge in [-0.3, -0.25) is 0 Å². The predicted octanol–water partition coefficient (Wildman–Crippen LogP) is 2.77. The second-order valence-corrected chi connectivity index (χ2v) is 4.02. The van der Waals surface area contributed by atoms with Crippen molar-refractivity contribution < 1.29 is 4.42 Å². The summed E-state index contributed by atoms with van der Waals surface area (Å²) in [5.74, 6) is 1.89. The Hall–Kier alpha value is -1.81. The first-order chi connectivity index (χ1) is 8.38. The van der Waals surface area contributed by atoms with Crippen LogP contribution in [0.4, 0.5) is 0 Å². The van der Waals surface area contributed by atoms with Crippen molar-refractivity contribution in [3.63, 3.8) is 0 Å². The Labute approximate surface area is 103 Å². The minimum atomic E-state index is 0.509. The summed E-state index contributed by atoms with van der Waals surface area (Å²) < 4.78 is 7.43. The fourth-order valence-corrected chi connectivity index (χ4v) is 1.92. The lowest BCUT2D eigenvalue weighted by Crippen LogP contribution is -1.83. The fraction of sp³-hybridized carbons (Fsp3) is 0.167. The Balaban J connectivity index is 2.07. The van der Waals surface area contributed by atoms with Gasteiger partial charge < -0.3 is 4.42 Å². The van der Waals surface area contributed by atoms with Crippen molar-refractivity contribution in [2.75, 3.05) is 5.88 Å². The van der Waals surface area contributed by atoms with E-state index in [-0.39, 0.29) is 0 Å². The zero-order valence-electron chi connectivity index (χ0n) is 9.01. The van der Waals surface area contributed by atoms with Gasteiger partial charge in [-0.05, 0) is 12.1 Å². The molecule has 0 saturated heterocycles. The average molecular weight is 248 g/mol. The molecule has 0 aliphatic rings. The Morgan fingerprint density at radius 1 is 1.29 bits per heavy atom. The topological polar surface area (TPSA) is 43.3 Å². The van der Waals surface area contributed by atoms with Gasteiger partial charge in [0.25, 0.3) is 0 Å². The maximum Gasteiger partial charge on any atom is 0.196 e. The van der Waals surface area contributed by atoms with Gasteiger partial charge in [0, 0.05) is 18.5 Å². The molecule has 0 aromatic carbocycles. The molecule has 0 aliphatic carbocycles. The number of fused-ring (bicyclic) bond motifs is 1. The van der Waals surface area contributed by atoms with E-state index < -0.39 is 0 Å². The molecule has 0 atom stereocenters. The van der Waals surface area contributed by atoms with Crippen LogP contribution in [-0.2, 0) is 6.42 Å². The first-order valence-corrected chi connectivity index (χ1v) is 5.85. The SMILES string of the molecule is ClCCc1ncc(-c2cnn3ccccc23)o1. The van der Waals surface area contributed by atoms with E-state index in [9.17, 15) is 0 Å². The highest BCUT2D eigenvalue weighted by Crippen LogP contribution is 2.25. The summed E-state index contributed by atoms with van der Waals surface area (Å²) in [5.41, 5.74) is 1.94. The van der Waals surface area contributed by atoms with E-state index in [0.29, 0.717) is 18.2 Å². The van der Waals surface area contributed by atoms with Crippen LogP contribution in [0.5, 0.6) is 0 Å². The zero-order chi connectivity index (χ0) is 11.7. The normalized spacial score (nSPS) is 11.1. The molecule has 17 heavy (non-hydrogen) atoms. The molecule has 3 aromatic rings. The molecule has 0 spiro atoms. The van der Waals surface area contributed by atoms with Crippen LogP contribution in [-0.4, -0.2) is 20.5 Å². The number of hydrogen-bond donors (Lipinski definition) is 0. The van der Waals surface area contributed by atoms with Crippen LogP contribution in [0.25, 0.3) is 16.8 Å². The van der Waals surface area contributed by atoms with Crippen LogP contribution in [0.1, 0.15) is 5.89 Å². The highest BCUT2D eigenvalue weighted by molar-refractivity contribution is 6.17. The van der Waals surface area contributed by atoms with Crippen LogP contribution in [0.2, 0.25) is 0 Å². The molecule has 86 valence electrons. The van der Waals surface area contributed by atoms with Crippen LogP contribution in [0.15, 0.2) is 41.2 Å². The molecule has 5 heteroatoms. The number of hydrogen-bond acceptors (Lipinski definition) is 3. The van der Waals surface area contributed by atoms with Gasteiger partial charge in [0.15, 0.2) is 11.7 Å². The molecule has 0 unspecified atom stereocenters. The van der Waals surface area contributed by atoms with E-state index in [2.05, 4.69) is 10.1 Å². The summed E-state index contributed by atoms with van der Waals surface area (Å²) >= 11 is 5.65. The van der Waals surface area contributed by atoms with Gasteiger partial charge in [-0.1, -0.05) is 6.07 Å². The Kier molecular flexibility index (Phi) is 2.57. The van der Waals surface area contributed by atoms with Crippen molar-refractivity contribution in [2.24, 2.45) is 0 Å². The molecule has 0 amide bonds. The zero-order valence-corrected chi connectivity index (χ0v) is 9.76. The number of pyridine rings is 1. The van der Waals surface area contributed by atoms with E-state index in [4.69, 9.17) is 16.0 Å². The van der Waals surface area contributed by atoms with Crippen molar-refractivity contribution in [1.29, 1.82) is 0 Å². The molecule has 0 fully saturated rings. The average Bonchev–Trinajstić information content (AvgIpc) is 2.95. The summed E-state index contributed by atoms with van der Waals surface area (Å²) in [4.78, 5) is 4.18. The van der Waals surface area contributed by atoms with E-state index in [1.807, 2.05) is 24.4 Å². The lowest BCUT2D eigenvalue weighted by atomic mass is 10.2. The van der Waals surface area contributed by atoms with Gasteiger partial charge in [0.05, 0.1) is 23.5 Å². The molecule has 0 saturated carbocycles. The Morgan fingerprint density at radius 2 is 2.24 bits per heavy atom. The number of aryl methyl sites for hydroxylation is 1. The fourth-order valence-electron chi connectivity index (χ4n) is 1.76. The number of oxazole rings is 1. The van der Waals surface area contributed by atoms with Crippen LogP contribution < -0.4 is 0 Å². The third-order valence-electron chi connectivity index (χ3n) is 2.55. The summed E-state index contributed by atoms with van der Waals surface area (Å²) in [6.45, 7) is 0. The van der Waals surface area contributed by atoms with Crippen molar-refractivity contribution >= 4 is 17.1 Å². The van der Waals surface area contributed by atoms with Gasteiger partial charge in [0.1, 0.15) is 0 Å². The third kappa shape index (κ3) is 1.80. The summed E-state index contributed by atoms with van der Waals surface area (Å²) in [7, 11) is 0. The maximum absolute atomic E-state index is 5.65. The lowest BCUT2D eigenvalue weighted by molar-refractivity contribution is 0.515. The van der Waals surface area contributed by atoms with Crippen LogP contribution >= 0.6 is 11.6 Å². The highest BCUT2D eigenvalue weighted by Gasteiger charge is 2.11. The molecular weight excluding hydrogens is 238 g/mol. The monoisotopic (exact) mass is 247 g/mol. The first kappa shape index (κ1) is 10.4. The summed E-state index contributed by atoms with van der Waals surface area (Å²) in [5, 5.41) is 4.25. The van der Waals surface area contributed by atoms with Crippen molar-refractivity contribution in [3.05, 3.63) is 42.7 Å². The molecule has 3 rings (SSSR count). The van der Waals surface area contributed by atoms with Gasteiger partial charge in [0.2, 0.25) is 0 Å². The highest BCUT2D eigenvalue weighted by atomic mass is 35.5. The number of rotatable bonds is 3. The molecule has 3 heterocycles. The summed E-state index contributed by atoms with van der Waals surface area (Å²) in [6, 6.07) is 5.89. The van der Waals surface area contributed by atoms with E-state index in [1.165, 1.54) is 0 Å². The van der Waals surface area contributed by atoms with Crippen LogP contribution in [0.3, 0.4) is 0 Å². The van der Waals surface area contributed by atoms with Gasteiger partial charge in [-0.25, -0.2) is 9.50 Å². The number of alkyl halides is 1. The van der Waals surface area contributed by atoms with Crippen molar-refractivity contribution in [1.82, 2.24) is 14.6 Å². The largest absolute Gasteiger partial charge is 0.441 e. The molecule has 0 bridgehead atoms. The standard InChI is InChI=1S/C12H10ClN3O/c13-5-4-12-14-8-11(17-12)9-7-15-16-6-2-1-3-10(9)16/h1-3,6-8H,4-5H2. The molecule has 3 aromatic heterocycles. The van der Waals surface area contributed by atoms with Gasteiger partial charge in [-0.15, -0.1) is 11.6 Å². The van der Waals surface area contributed by atoms with Crippen molar-refractivity contribution in [2.45, 2.75) is 6.42 Å². The first-order valence-electron chi connectivity index (χ1n) is 5.32. The second kappa shape index (κ2) is 4.22. The van der Waals surface area contributed by atoms with Gasteiger partial charge >= 0.3 is 0 Å². The summed E-state index contributed by atoms with van der Waals surface area (Å²) in [6.07, 6.45) is 6.03. The molecule has 0 N–H and O–H groups in total. The predicted molar refractivity (Wildman–Crippen MR) is 65.1 cm³/mol. The quantitative estimate of drug-likeness (QED) is 0.669. The van der Waals surface area contributed by atoms with Gasteiger partial charge in [-0.2, -0.15) is 5.10 Å². The molecule has 4 nitrogen and oxygen atoms in total. The van der Waals surface area contributed by atoms with E-state index >= 15 is 0 Å². The third-order valence-corrected chi connectivity index (χ3v) is 2.74. The number of nitrogens with zero attached hydrogens (tertiary/aromatic N) is 3. The number of aromatic nitrogens is 3. The number of halogens is 1. The Bertz CT molecular complexity index is 644. The van der Waals surface area contributed by atoms with E-state index in [0.717, 1.165) is 16.8 Å². The van der Waals surface area contributed by atoms with E-state index in [1.54, 1.807) is 16.9 Å². The minimum Gasteiger partial charge on any atom is -0.441 e. The molecule has 0 radical (unpaired) electrons. The lowest BCUT2D eigenvalue weighted by Gasteiger charge is -1.94. The van der Waals surface area contributed by atoms with Crippen LogP contribution in [0, 0.1) is 0 Å². The maximum atomic E-state index is 5.65. The molecule has 0 aliphatic heterocycles. The van der Waals surface area contributed by atoms with Crippen molar-refractivity contribution in [3.8, 4) is 11.3 Å². The smallest absolute Gasteiger partial charge is 0.196 e. The second-order valence-electron chi connectivity index (χ2n) is 3.65. The molecular formula is C12H10ClN3O. The minimum absolute atomic E-state index is 0.509. The Morgan fingerprint density at radius 3 is 3.12 bits per heavy atom.